The molecule has 1 heterocycles. The zero-order valence-corrected chi connectivity index (χ0v) is 29.5. The second kappa shape index (κ2) is 28.0. The smallest absolute Gasteiger partial charge is 0.336 e. The van der Waals surface area contributed by atoms with Gasteiger partial charge in [0.1, 0.15) is 0 Å². The SMILES string of the molecule is [CH2-]COCCOCCn1c(=O)n(CCOCCOC[CH2-])c(=O)n(CCOCCOC[CH2-])c1=O.[Y].[Y].[Y]. The van der Waals surface area contributed by atoms with Crippen molar-refractivity contribution < 1.29 is 127 Å². The second-order valence-corrected chi connectivity index (χ2v) is 6.48. The average molecular weight is 741 g/mol. The Hall–Kier alpha value is 1.48. The molecule has 3 radical (unpaired) electrons. The topological polar surface area (TPSA) is 121 Å². The van der Waals surface area contributed by atoms with Crippen molar-refractivity contribution in [2.45, 2.75) is 19.6 Å². The predicted molar refractivity (Wildman–Crippen MR) is 120 cm³/mol. The van der Waals surface area contributed by atoms with Gasteiger partial charge in [0, 0.05) is 98.1 Å². The molecule has 0 N–H and O–H groups in total. The summed E-state index contributed by atoms with van der Waals surface area (Å²) < 4.78 is 34.3. The van der Waals surface area contributed by atoms with E-state index in [2.05, 4.69) is 20.8 Å². The quantitative estimate of drug-likeness (QED) is 0.113. The first-order chi connectivity index (χ1) is 16.1. The summed E-state index contributed by atoms with van der Waals surface area (Å²) in [5.41, 5.74) is -2.16. The molecule has 0 bridgehead atoms. The molecule has 0 aliphatic carbocycles. The van der Waals surface area contributed by atoms with Crippen LogP contribution in [0.1, 0.15) is 0 Å². The third-order valence-electron chi connectivity index (χ3n) is 4.31. The predicted octanol–water partition coefficient (Wildman–Crippen LogP) is -1.23. The van der Waals surface area contributed by atoms with E-state index >= 15 is 0 Å². The van der Waals surface area contributed by atoms with Crippen molar-refractivity contribution in [3.8, 4) is 0 Å². The van der Waals surface area contributed by atoms with Crippen molar-refractivity contribution in [2.24, 2.45) is 0 Å². The standard InChI is InChI=1S/C21H36N3O9.3Y/c1-4-28-13-16-31-10-7-22-19(25)23(8-11-32-17-14-29-5-2)21(27)24(20(22)26)9-12-33-18-15-30-6-3;;;/h1-18H2;;;/q-3;;;. The molecule has 12 nitrogen and oxygen atoms in total. The monoisotopic (exact) mass is 741 g/mol. The number of hydrogen-bond acceptors (Lipinski definition) is 9. The Kier molecular flexibility index (Phi) is 32.7. The minimum Gasteiger partial charge on any atom is -0.411 e. The minimum absolute atomic E-state index is 0. The molecule has 1 aromatic rings. The van der Waals surface area contributed by atoms with Crippen molar-refractivity contribution in [2.75, 3.05) is 79.3 Å². The summed E-state index contributed by atoms with van der Waals surface area (Å²) in [6.07, 6.45) is 0. The molecule has 0 aromatic carbocycles. The number of aromatic nitrogens is 3. The van der Waals surface area contributed by atoms with Gasteiger partial charge in [-0.25, -0.2) is 28.1 Å². The van der Waals surface area contributed by atoms with Gasteiger partial charge < -0.3 is 49.2 Å². The molecule has 0 spiro atoms. The van der Waals surface area contributed by atoms with Gasteiger partial charge in [0.2, 0.25) is 0 Å². The molecule has 1 aromatic heterocycles. The fourth-order valence-corrected chi connectivity index (χ4v) is 2.69. The number of ether oxygens (including phenoxy) is 6. The summed E-state index contributed by atoms with van der Waals surface area (Å²) in [4.78, 5) is 38.5. The van der Waals surface area contributed by atoms with Crippen LogP contribution in [-0.4, -0.2) is 93.0 Å². The van der Waals surface area contributed by atoms with Crippen LogP contribution < -0.4 is 17.1 Å². The van der Waals surface area contributed by atoms with Crippen molar-refractivity contribution in [3.05, 3.63) is 52.2 Å². The zero-order chi connectivity index (χ0) is 24.3. The minimum atomic E-state index is -0.721. The Morgan fingerprint density at radius 3 is 0.861 bits per heavy atom. The van der Waals surface area contributed by atoms with Gasteiger partial charge in [-0.3, -0.25) is 0 Å². The molecule has 15 heteroatoms. The Morgan fingerprint density at radius 1 is 0.417 bits per heavy atom. The van der Waals surface area contributed by atoms with Gasteiger partial charge >= 0.3 is 17.1 Å². The van der Waals surface area contributed by atoms with Crippen LogP contribution in [0.25, 0.3) is 0 Å². The number of rotatable bonds is 21. The van der Waals surface area contributed by atoms with Crippen LogP contribution in [0, 0.1) is 20.8 Å². The molecule has 0 fully saturated rings. The van der Waals surface area contributed by atoms with Crippen LogP contribution in [0.2, 0.25) is 0 Å². The first-order valence-electron chi connectivity index (χ1n) is 10.9. The first kappa shape index (κ1) is 42.0. The fraction of sp³-hybridized carbons (Fsp3) is 0.714. The molecular weight excluding hydrogens is 705 g/mol. The van der Waals surface area contributed by atoms with E-state index < -0.39 is 17.1 Å². The second-order valence-electron chi connectivity index (χ2n) is 6.48. The van der Waals surface area contributed by atoms with Crippen LogP contribution in [0.5, 0.6) is 0 Å². The van der Waals surface area contributed by atoms with Crippen LogP contribution >= 0.6 is 0 Å². The summed E-state index contributed by atoms with van der Waals surface area (Å²) in [5.74, 6) is 0. The van der Waals surface area contributed by atoms with Gasteiger partial charge in [-0.1, -0.05) is 19.8 Å². The Balaban J connectivity index is -0.00000363. The maximum absolute atomic E-state index is 12.8. The molecule has 0 atom stereocenters. The van der Waals surface area contributed by atoms with Gasteiger partial charge in [-0.2, -0.15) is 0 Å². The number of hydrogen-bond donors (Lipinski definition) is 0. The van der Waals surface area contributed by atoms with E-state index in [9.17, 15) is 14.4 Å². The van der Waals surface area contributed by atoms with Gasteiger partial charge in [-0.05, 0) is 0 Å². The maximum atomic E-state index is 12.8. The summed E-state index contributed by atoms with van der Waals surface area (Å²) in [5, 5.41) is 0. The van der Waals surface area contributed by atoms with Crippen molar-refractivity contribution in [1.82, 2.24) is 13.7 Å². The molecule has 0 aliphatic heterocycles. The van der Waals surface area contributed by atoms with Gasteiger partial charge in [0.05, 0.1) is 79.1 Å². The average Bonchev–Trinajstić information content (AvgIpc) is 2.81. The molecule has 0 saturated carbocycles. The molecule has 0 saturated heterocycles. The van der Waals surface area contributed by atoms with Crippen molar-refractivity contribution in [3.63, 3.8) is 0 Å². The summed E-state index contributed by atoms with van der Waals surface area (Å²) in [7, 11) is 0. The molecule has 201 valence electrons. The molecular formula is C21H36N3O9Y3-3. The zero-order valence-electron chi connectivity index (χ0n) is 21.0. The van der Waals surface area contributed by atoms with E-state index in [0.29, 0.717) is 59.5 Å². The van der Waals surface area contributed by atoms with E-state index in [1.54, 1.807) is 0 Å². The first-order valence-corrected chi connectivity index (χ1v) is 10.9. The van der Waals surface area contributed by atoms with Crippen molar-refractivity contribution in [1.29, 1.82) is 0 Å². The molecule has 0 unspecified atom stereocenters. The molecule has 1 rings (SSSR count). The summed E-state index contributed by atoms with van der Waals surface area (Å²) in [6, 6.07) is 0. The van der Waals surface area contributed by atoms with Crippen LogP contribution in [0.3, 0.4) is 0 Å². The molecule has 0 aliphatic rings. The van der Waals surface area contributed by atoms with Crippen molar-refractivity contribution >= 4 is 0 Å². The molecule has 0 amide bonds. The number of nitrogens with zero attached hydrogens (tertiary/aromatic N) is 3. The van der Waals surface area contributed by atoms with Gasteiger partial charge in [0.15, 0.2) is 0 Å². The Morgan fingerprint density at radius 2 is 0.639 bits per heavy atom. The van der Waals surface area contributed by atoms with E-state index in [1.165, 1.54) is 0 Å². The fourth-order valence-electron chi connectivity index (χ4n) is 2.69. The van der Waals surface area contributed by atoms with E-state index in [1.807, 2.05) is 0 Å². The van der Waals surface area contributed by atoms with E-state index in [0.717, 1.165) is 13.7 Å². The van der Waals surface area contributed by atoms with E-state index in [-0.39, 0.29) is 138 Å². The van der Waals surface area contributed by atoms with Gasteiger partial charge in [-0.15, -0.1) is 0 Å². The molecule has 36 heavy (non-hydrogen) atoms. The third-order valence-corrected chi connectivity index (χ3v) is 4.31. The van der Waals surface area contributed by atoms with Crippen LogP contribution in [0.4, 0.5) is 0 Å². The van der Waals surface area contributed by atoms with Crippen LogP contribution in [-0.2, 0) is 146 Å². The van der Waals surface area contributed by atoms with Gasteiger partial charge in [0.25, 0.3) is 0 Å². The Bertz CT molecular complexity index is 683. The summed E-state index contributed by atoms with van der Waals surface area (Å²) in [6.45, 7) is 13.8. The largest absolute Gasteiger partial charge is 0.411 e. The Labute approximate surface area is 288 Å². The van der Waals surface area contributed by atoms with E-state index in [4.69, 9.17) is 28.4 Å². The summed E-state index contributed by atoms with van der Waals surface area (Å²) >= 11 is 0. The normalized spacial score (nSPS) is 10.4. The van der Waals surface area contributed by atoms with Crippen LogP contribution in [0.15, 0.2) is 14.4 Å². The maximum Gasteiger partial charge on any atom is 0.336 e. The third kappa shape index (κ3) is 17.2.